The first-order valence-corrected chi connectivity index (χ1v) is 8.99. The molecule has 0 radical (unpaired) electrons. The zero-order chi connectivity index (χ0) is 19.1. The highest BCUT2D eigenvalue weighted by Gasteiger charge is 2.23. The molecule has 2 heterocycles. The lowest BCUT2D eigenvalue weighted by molar-refractivity contribution is 0.0383. The molecule has 0 unspecified atom stereocenters. The number of oxazole rings is 1. The topological polar surface area (TPSA) is 93.9 Å². The largest absolute Gasteiger partial charge is 0.461 e. The molecule has 0 aliphatic carbocycles. The number of esters is 1. The summed E-state index contributed by atoms with van der Waals surface area (Å²) in [4.78, 5) is 30.9. The van der Waals surface area contributed by atoms with Gasteiger partial charge in [0.05, 0.1) is 25.4 Å². The van der Waals surface area contributed by atoms with Gasteiger partial charge >= 0.3 is 5.97 Å². The van der Waals surface area contributed by atoms with Gasteiger partial charge in [-0.25, -0.2) is 9.78 Å². The molecule has 3 rings (SSSR count). The highest BCUT2D eigenvalue weighted by atomic mass is 16.5. The van der Waals surface area contributed by atoms with E-state index in [1.165, 1.54) is 6.39 Å². The van der Waals surface area contributed by atoms with Crippen molar-refractivity contribution in [1.29, 1.82) is 0 Å². The minimum atomic E-state index is -0.580. The van der Waals surface area contributed by atoms with Crippen molar-refractivity contribution in [3.8, 4) is 11.3 Å². The fourth-order valence-corrected chi connectivity index (χ4v) is 2.91. The van der Waals surface area contributed by atoms with Crippen molar-refractivity contribution in [2.75, 3.05) is 46.0 Å². The van der Waals surface area contributed by atoms with Crippen LogP contribution >= 0.6 is 0 Å². The van der Waals surface area contributed by atoms with Crippen LogP contribution in [0.5, 0.6) is 0 Å². The van der Waals surface area contributed by atoms with Gasteiger partial charge < -0.3 is 19.2 Å². The molecule has 8 nitrogen and oxygen atoms in total. The van der Waals surface area contributed by atoms with E-state index in [-0.39, 0.29) is 24.0 Å². The van der Waals surface area contributed by atoms with E-state index in [0.29, 0.717) is 17.7 Å². The smallest absolute Gasteiger partial charge is 0.360 e. The van der Waals surface area contributed by atoms with E-state index in [2.05, 4.69) is 15.2 Å². The van der Waals surface area contributed by atoms with Gasteiger partial charge in [-0.2, -0.15) is 0 Å². The van der Waals surface area contributed by atoms with Crippen LogP contribution in [0, 0.1) is 0 Å². The molecule has 144 valence electrons. The Hall–Kier alpha value is -2.71. The zero-order valence-electron chi connectivity index (χ0n) is 15.3. The maximum Gasteiger partial charge on any atom is 0.360 e. The standard InChI is InChI=1S/C19H23N3O5/c1-2-26-19(24)16-17(27-13-21-16)14-5-3-4-6-15(14)18(23)20-7-8-22-9-11-25-12-10-22/h3-6,13H,2,7-12H2,1H3,(H,20,23). The van der Waals surface area contributed by atoms with Crippen LogP contribution in [0.15, 0.2) is 35.1 Å². The van der Waals surface area contributed by atoms with Gasteiger partial charge in [-0.15, -0.1) is 0 Å². The third kappa shape index (κ3) is 4.72. The lowest BCUT2D eigenvalue weighted by Crippen LogP contribution is -2.41. The second-order valence-corrected chi connectivity index (χ2v) is 6.01. The fraction of sp³-hybridized carbons (Fsp3) is 0.421. The summed E-state index contributed by atoms with van der Waals surface area (Å²) < 4.78 is 15.7. The second kappa shape index (κ2) is 9.29. The average Bonchev–Trinajstić information content (AvgIpc) is 3.19. The van der Waals surface area contributed by atoms with Crippen LogP contribution in [0.3, 0.4) is 0 Å². The van der Waals surface area contributed by atoms with Crippen LogP contribution in [0.1, 0.15) is 27.8 Å². The van der Waals surface area contributed by atoms with Crippen LogP contribution in [0.2, 0.25) is 0 Å². The summed E-state index contributed by atoms with van der Waals surface area (Å²) in [6.45, 7) is 6.41. The Morgan fingerprint density at radius 1 is 1.26 bits per heavy atom. The van der Waals surface area contributed by atoms with Crippen LogP contribution in [0.4, 0.5) is 0 Å². The normalized spacial score (nSPS) is 14.7. The molecule has 1 aliphatic rings. The van der Waals surface area contributed by atoms with Gasteiger partial charge in [0.2, 0.25) is 0 Å². The number of rotatable bonds is 7. The Balaban J connectivity index is 1.71. The molecule has 1 aliphatic heterocycles. The van der Waals surface area contributed by atoms with Crippen molar-refractivity contribution in [1.82, 2.24) is 15.2 Å². The molecule has 1 aromatic carbocycles. The first kappa shape index (κ1) is 19.1. The number of morpholine rings is 1. The SMILES string of the molecule is CCOC(=O)c1ncoc1-c1ccccc1C(=O)NCCN1CCOCC1. The summed E-state index contributed by atoms with van der Waals surface area (Å²) in [6.07, 6.45) is 1.18. The summed E-state index contributed by atoms with van der Waals surface area (Å²) >= 11 is 0. The van der Waals surface area contributed by atoms with Crippen molar-refractivity contribution in [3.63, 3.8) is 0 Å². The van der Waals surface area contributed by atoms with Crippen molar-refractivity contribution in [2.45, 2.75) is 6.92 Å². The molecule has 2 aromatic rings. The lowest BCUT2D eigenvalue weighted by Gasteiger charge is -2.26. The van der Waals surface area contributed by atoms with Crippen molar-refractivity contribution in [2.24, 2.45) is 0 Å². The lowest BCUT2D eigenvalue weighted by atomic mass is 10.0. The van der Waals surface area contributed by atoms with Gasteiger partial charge in [0.1, 0.15) is 0 Å². The van der Waals surface area contributed by atoms with E-state index < -0.39 is 5.97 Å². The number of aromatic nitrogens is 1. The van der Waals surface area contributed by atoms with Gasteiger partial charge in [0.15, 0.2) is 17.8 Å². The first-order chi connectivity index (χ1) is 13.2. The number of hydrogen-bond donors (Lipinski definition) is 1. The summed E-state index contributed by atoms with van der Waals surface area (Å²) in [6, 6.07) is 6.95. The number of hydrogen-bond acceptors (Lipinski definition) is 7. The van der Waals surface area contributed by atoms with Gasteiger partial charge in [0, 0.05) is 31.7 Å². The molecule has 1 amide bonds. The average molecular weight is 373 g/mol. The predicted octanol–water partition coefficient (Wildman–Crippen LogP) is 1.58. The predicted molar refractivity (Wildman–Crippen MR) is 97.5 cm³/mol. The number of nitrogens with zero attached hydrogens (tertiary/aromatic N) is 2. The molecular weight excluding hydrogens is 350 g/mol. The van der Waals surface area contributed by atoms with Crippen LogP contribution in [0.25, 0.3) is 11.3 Å². The molecule has 1 aromatic heterocycles. The molecule has 27 heavy (non-hydrogen) atoms. The Morgan fingerprint density at radius 3 is 2.81 bits per heavy atom. The number of amides is 1. The van der Waals surface area contributed by atoms with Crippen LogP contribution in [-0.2, 0) is 9.47 Å². The van der Waals surface area contributed by atoms with E-state index in [1.807, 2.05) is 0 Å². The first-order valence-electron chi connectivity index (χ1n) is 8.99. The second-order valence-electron chi connectivity index (χ2n) is 6.01. The summed E-state index contributed by atoms with van der Waals surface area (Å²) in [5.74, 6) is -0.582. The van der Waals surface area contributed by atoms with E-state index in [9.17, 15) is 9.59 Å². The van der Waals surface area contributed by atoms with Gasteiger partial charge in [-0.05, 0) is 13.0 Å². The molecule has 1 saturated heterocycles. The zero-order valence-corrected chi connectivity index (χ0v) is 15.3. The number of carbonyl (C=O) groups is 2. The third-order valence-corrected chi connectivity index (χ3v) is 4.27. The van der Waals surface area contributed by atoms with Crippen LogP contribution in [-0.4, -0.2) is 67.8 Å². The number of nitrogens with one attached hydrogen (secondary N) is 1. The van der Waals surface area contributed by atoms with E-state index in [4.69, 9.17) is 13.9 Å². The third-order valence-electron chi connectivity index (χ3n) is 4.27. The van der Waals surface area contributed by atoms with Crippen molar-refractivity contribution >= 4 is 11.9 Å². The molecule has 0 bridgehead atoms. The Kier molecular flexibility index (Phi) is 6.56. The molecule has 0 saturated carbocycles. The summed E-state index contributed by atoms with van der Waals surface area (Å²) in [7, 11) is 0. The van der Waals surface area contributed by atoms with Gasteiger partial charge in [-0.3, -0.25) is 9.69 Å². The number of benzene rings is 1. The fourth-order valence-electron chi connectivity index (χ4n) is 2.91. The summed E-state index contributed by atoms with van der Waals surface area (Å²) in [5, 5.41) is 2.92. The van der Waals surface area contributed by atoms with Gasteiger partial charge in [-0.1, -0.05) is 18.2 Å². The van der Waals surface area contributed by atoms with E-state index >= 15 is 0 Å². The molecule has 1 fully saturated rings. The van der Waals surface area contributed by atoms with Crippen LogP contribution < -0.4 is 5.32 Å². The number of carbonyl (C=O) groups excluding carboxylic acids is 2. The molecule has 0 spiro atoms. The maximum absolute atomic E-state index is 12.7. The minimum absolute atomic E-state index is 0.0606. The quantitative estimate of drug-likeness (QED) is 0.737. The molecule has 0 atom stereocenters. The van der Waals surface area contributed by atoms with E-state index in [1.54, 1.807) is 31.2 Å². The molecule has 8 heteroatoms. The summed E-state index contributed by atoms with van der Waals surface area (Å²) in [5.41, 5.74) is 0.981. The molecule has 1 N–H and O–H groups in total. The van der Waals surface area contributed by atoms with Gasteiger partial charge in [0.25, 0.3) is 5.91 Å². The van der Waals surface area contributed by atoms with Crippen molar-refractivity contribution in [3.05, 3.63) is 41.9 Å². The Morgan fingerprint density at radius 2 is 2.04 bits per heavy atom. The number of ether oxygens (including phenoxy) is 2. The minimum Gasteiger partial charge on any atom is -0.461 e. The Bertz CT molecular complexity index is 783. The highest BCUT2D eigenvalue weighted by Crippen LogP contribution is 2.27. The Labute approximate surface area is 157 Å². The maximum atomic E-state index is 12.7. The highest BCUT2D eigenvalue weighted by molar-refractivity contribution is 6.03. The van der Waals surface area contributed by atoms with Crippen molar-refractivity contribution < 1.29 is 23.5 Å². The monoisotopic (exact) mass is 373 g/mol. The van der Waals surface area contributed by atoms with E-state index in [0.717, 1.165) is 32.8 Å². The molecular formula is C19H23N3O5.